The summed E-state index contributed by atoms with van der Waals surface area (Å²) in [5.74, 6) is -0.938. The van der Waals surface area contributed by atoms with E-state index in [2.05, 4.69) is 106 Å². The van der Waals surface area contributed by atoms with Gasteiger partial charge in [-0.05, 0) is 109 Å². The lowest BCUT2D eigenvalue weighted by atomic mass is 10.0. The van der Waals surface area contributed by atoms with Crippen LogP contribution in [0.3, 0.4) is 0 Å². The van der Waals surface area contributed by atoms with Gasteiger partial charge >= 0.3 is 17.9 Å². The molecule has 67 heavy (non-hydrogen) atoms. The molecule has 0 aliphatic heterocycles. The Morgan fingerprint density at radius 1 is 0.313 bits per heavy atom. The molecule has 6 nitrogen and oxygen atoms in total. The van der Waals surface area contributed by atoms with Crippen LogP contribution < -0.4 is 0 Å². The highest BCUT2D eigenvalue weighted by atomic mass is 16.6. The quantitative estimate of drug-likeness (QED) is 0.0262. The normalized spacial score (nSPS) is 12.7. The third-order valence-electron chi connectivity index (χ3n) is 11.8. The Bertz CT molecular complexity index is 1300. The first-order valence-electron chi connectivity index (χ1n) is 28.1. The number of carbonyl (C=O) groups excluding carboxylic acids is 3. The maximum absolute atomic E-state index is 12.8. The van der Waals surface area contributed by atoms with Crippen LogP contribution in [0.5, 0.6) is 0 Å². The molecule has 0 aliphatic rings. The number of allylic oxidation sites excluding steroid dienone is 14. The van der Waals surface area contributed by atoms with Gasteiger partial charge in [-0.2, -0.15) is 0 Å². The van der Waals surface area contributed by atoms with Crippen LogP contribution in [0.2, 0.25) is 0 Å². The average Bonchev–Trinajstić information content (AvgIpc) is 3.33. The molecule has 0 fully saturated rings. The van der Waals surface area contributed by atoms with Crippen LogP contribution in [-0.2, 0) is 28.6 Å². The Balaban J connectivity index is 4.33. The molecular weight excluding hydrogens is 829 g/mol. The number of hydrogen-bond donors (Lipinski definition) is 0. The van der Waals surface area contributed by atoms with E-state index in [4.69, 9.17) is 14.2 Å². The Hall–Kier alpha value is -3.41. The molecule has 0 bridgehead atoms. The first-order chi connectivity index (χ1) is 33.0. The third kappa shape index (κ3) is 53.4. The zero-order chi connectivity index (χ0) is 48.6. The molecule has 0 spiro atoms. The summed E-state index contributed by atoms with van der Waals surface area (Å²) in [6, 6.07) is 0. The van der Waals surface area contributed by atoms with Crippen LogP contribution in [0.1, 0.15) is 265 Å². The number of hydrogen-bond acceptors (Lipinski definition) is 6. The predicted molar refractivity (Wildman–Crippen MR) is 288 cm³/mol. The van der Waals surface area contributed by atoms with Crippen molar-refractivity contribution in [1.82, 2.24) is 0 Å². The SMILES string of the molecule is CC/C=C\C/C=C\C/C=C\CCCCCC(=O)OC(COC(=O)CCCCCCC/C=C\C/C=C\CCC)COC(=O)CCCCCCCCCCCCC/C=C\C/C=C\CCCCCCC. The lowest BCUT2D eigenvalue weighted by Gasteiger charge is -2.18. The summed E-state index contributed by atoms with van der Waals surface area (Å²) >= 11 is 0. The first-order valence-corrected chi connectivity index (χ1v) is 28.1. The van der Waals surface area contributed by atoms with Gasteiger partial charge in [0.2, 0.25) is 0 Å². The fourth-order valence-electron chi connectivity index (χ4n) is 7.64. The topological polar surface area (TPSA) is 78.9 Å². The van der Waals surface area contributed by atoms with Crippen LogP contribution in [0.15, 0.2) is 85.1 Å². The molecule has 1 atom stereocenters. The van der Waals surface area contributed by atoms with Crippen LogP contribution >= 0.6 is 0 Å². The van der Waals surface area contributed by atoms with E-state index in [1.807, 2.05) is 0 Å². The first kappa shape index (κ1) is 63.6. The minimum atomic E-state index is -0.798. The molecule has 0 N–H and O–H groups in total. The number of esters is 3. The maximum atomic E-state index is 12.8. The summed E-state index contributed by atoms with van der Waals surface area (Å²) in [4.78, 5) is 38.0. The molecule has 0 rings (SSSR count). The van der Waals surface area contributed by atoms with Gasteiger partial charge in [-0.15, -0.1) is 0 Å². The van der Waals surface area contributed by atoms with Crippen molar-refractivity contribution >= 4 is 17.9 Å². The second kappa shape index (κ2) is 55.2. The summed E-state index contributed by atoms with van der Waals surface area (Å²) < 4.78 is 16.8. The Morgan fingerprint density at radius 3 is 0.985 bits per heavy atom. The van der Waals surface area contributed by atoms with Gasteiger partial charge < -0.3 is 14.2 Å². The van der Waals surface area contributed by atoms with E-state index in [1.165, 1.54) is 103 Å². The van der Waals surface area contributed by atoms with Crippen molar-refractivity contribution in [1.29, 1.82) is 0 Å². The summed E-state index contributed by atoms with van der Waals surface area (Å²) in [5, 5.41) is 0. The summed E-state index contributed by atoms with van der Waals surface area (Å²) in [5.41, 5.74) is 0. The molecular formula is C61H104O6. The van der Waals surface area contributed by atoms with Gasteiger partial charge in [-0.1, -0.05) is 221 Å². The zero-order valence-corrected chi connectivity index (χ0v) is 43.9. The van der Waals surface area contributed by atoms with E-state index < -0.39 is 6.10 Å². The molecule has 0 amide bonds. The molecule has 384 valence electrons. The average molecular weight is 933 g/mol. The maximum Gasteiger partial charge on any atom is 0.306 e. The molecule has 0 saturated heterocycles. The van der Waals surface area contributed by atoms with Gasteiger partial charge in [-0.25, -0.2) is 0 Å². The van der Waals surface area contributed by atoms with Crippen LogP contribution in [-0.4, -0.2) is 37.2 Å². The molecule has 0 radical (unpaired) electrons. The zero-order valence-electron chi connectivity index (χ0n) is 43.9. The monoisotopic (exact) mass is 933 g/mol. The molecule has 0 aromatic heterocycles. The lowest BCUT2D eigenvalue weighted by molar-refractivity contribution is -0.167. The van der Waals surface area contributed by atoms with Crippen molar-refractivity contribution in [2.75, 3.05) is 13.2 Å². The van der Waals surface area contributed by atoms with Crippen molar-refractivity contribution < 1.29 is 28.6 Å². The fourth-order valence-corrected chi connectivity index (χ4v) is 7.64. The standard InChI is InChI=1S/C61H104O6/c1-4-7-10-13-16-19-22-25-26-27-28-29-30-31-32-33-34-37-39-42-45-48-51-54-60(63)66-57-58(67-61(64)55-52-49-46-43-40-36-24-21-18-15-12-9-6-3)56-65-59(62)53-50-47-44-41-38-35-23-20-17-14-11-8-5-2/h9,11-12,14,18,20-23,25,27-28,36,40,58H,4-8,10,13,15-17,19,24,26,29-35,37-39,41-57H2,1-3H3/b12-9-,14-11-,21-18-,23-20-,25-22-,28-27-,40-36-. The van der Waals surface area contributed by atoms with E-state index in [0.29, 0.717) is 12.8 Å². The highest BCUT2D eigenvalue weighted by Gasteiger charge is 2.19. The molecule has 0 heterocycles. The van der Waals surface area contributed by atoms with Crippen molar-refractivity contribution in [2.24, 2.45) is 0 Å². The van der Waals surface area contributed by atoms with E-state index in [-0.39, 0.29) is 37.5 Å². The predicted octanol–water partition coefficient (Wildman–Crippen LogP) is 18.8. The molecule has 0 aromatic carbocycles. The fraction of sp³-hybridized carbons (Fsp3) is 0.721. The van der Waals surface area contributed by atoms with E-state index in [0.717, 1.165) is 122 Å². The lowest BCUT2D eigenvalue weighted by Crippen LogP contribution is -2.30. The van der Waals surface area contributed by atoms with Crippen LogP contribution in [0.25, 0.3) is 0 Å². The van der Waals surface area contributed by atoms with Crippen molar-refractivity contribution in [3.05, 3.63) is 85.1 Å². The molecule has 6 heteroatoms. The second-order valence-corrected chi connectivity index (χ2v) is 18.5. The highest BCUT2D eigenvalue weighted by molar-refractivity contribution is 5.71. The Kier molecular flexibility index (Phi) is 52.4. The minimum absolute atomic E-state index is 0.0941. The van der Waals surface area contributed by atoms with Crippen molar-refractivity contribution in [3.8, 4) is 0 Å². The molecule has 0 saturated carbocycles. The van der Waals surface area contributed by atoms with Crippen LogP contribution in [0.4, 0.5) is 0 Å². The number of unbranched alkanes of at least 4 members (excludes halogenated alkanes) is 25. The van der Waals surface area contributed by atoms with Gasteiger partial charge in [0.1, 0.15) is 13.2 Å². The molecule has 0 aliphatic carbocycles. The number of rotatable bonds is 50. The smallest absolute Gasteiger partial charge is 0.306 e. The van der Waals surface area contributed by atoms with E-state index in [9.17, 15) is 14.4 Å². The van der Waals surface area contributed by atoms with Gasteiger partial charge in [0.15, 0.2) is 6.10 Å². The molecule has 1 unspecified atom stereocenters. The number of carbonyl (C=O) groups is 3. The van der Waals surface area contributed by atoms with E-state index in [1.54, 1.807) is 0 Å². The van der Waals surface area contributed by atoms with Crippen LogP contribution in [0, 0.1) is 0 Å². The Morgan fingerprint density at radius 2 is 0.612 bits per heavy atom. The minimum Gasteiger partial charge on any atom is -0.462 e. The van der Waals surface area contributed by atoms with Gasteiger partial charge in [0.05, 0.1) is 0 Å². The summed E-state index contributed by atoms with van der Waals surface area (Å²) in [7, 11) is 0. The largest absolute Gasteiger partial charge is 0.462 e. The number of ether oxygens (including phenoxy) is 3. The van der Waals surface area contributed by atoms with Gasteiger partial charge in [-0.3, -0.25) is 14.4 Å². The molecule has 0 aromatic rings. The summed E-state index contributed by atoms with van der Waals surface area (Å²) in [6.45, 7) is 6.42. The van der Waals surface area contributed by atoms with Crippen molar-refractivity contribution in [2.45, 2.75) is 271 Å². The van der Waals surface area contributed by atoms with Gasteiger partial charge in [0, 0.05) is 19.3 Å². The van der Waals surface area contributed by atoms with Crippen molar-refractivity contribution in [3.63, 3.8) is 0 Å². The highest BCUT2D eigenvalue weighted by Crippen LogP contribution is 2.15. The summed E-state index contributed by atoms with van der Waals surface area (Å²) in [6.07, 6.45) is 71.5. The Labute approximate surface area is 414 Å². The second-order valence-electron chi connectivity index (χ2n) is 18.5. The third-order valence-corrected chi connectivity index (χ3v) is 11.8. The van der Waals surface area contributed by atoms with E-state index >= 15 is 0 Å². The van der Waals surface area contributed by atoms with Gasteiger partial charge in [0.25, 0.3) is 0 Å².